The van der Waals surface area contributed by atoms with E-state index in [0.29, 0.717) is 13.0 Å². The van der Waals surface area contributed by atoms with Gasteiger partial charge in [0.1, 0.15) is 6.10 Å². The molecule has 0 heterocycles. The second-order valence-corrected chi connectivity index (χ2v) is 12.5. The Balaban J connectivity index is 4.10. The highest BCUT2D eigenvalue weighted by molar-refractivity contribution is 7.47. The minimum atomic E-state index is -4.25. The molecule has 0 aromatic rings. The first-order valence-corrected chi connectivity index (χ1v) is 18.0. The highest BCUT2D eigenvalue weighted by atomic mass is 31.2. The molecule has 40 heavy (non-hydrogen) atoms. The predicted octanol–water partition coefficient (Wildman–Crippen LogP) is 8.63. The van der Waals surface area contributed by atoms with Crippen LogP contribution in [0.3, 0.4) is 0 Å². The SMILES string of the molecule is CCCCCCCCCCCCCCCC(=O)OC(COCCCCCCCCCC)COP(=O)(O)OCCN. The molecule has 0 saturated carbocycles. The Morgan fingerprint density at radius 2 is 1.10 bits per heavy atom. The summed E-state index contributed by atoms with van der Waals surface area (Å²) in [6, 6.07) is 0. The first-order chi connectivity index (χ1) is 19.4. The molecule has 2 atom stereocenters. The zero-order valence-electron chi connectivity index (χ0n) is 26.1. The number of rotatable bonds is 32. The topological polar surface area (TPSA) is 117 Å². The number of phosphoric acid groups is 1. The van der Waals surface area contributed by atoms with E-state index < -0.39 is 13.9 Å². The minimum Gasteiger partial charge on any atom is -0.457 e. The van der Waals surface area contributed by atoms with Crippen LogP contribution in [0.15, 0.2) is 0 Å². The van der Waals surface area contributed by atoms with Crippen molar-refractivity contribution in [1.82, 2.24) is 0 Å². The third-order valence-corrected chi connectivity index (χ3v) is 8.01. The van der Waals surface area contributed by atoms with Crippen LogP contribution >= 0.6 is 7.82 Å². The Morgan fingerprint density at radius 3 is 1.57 bits per heavy atom. The van der Waals surface area contributed by atoms with Crippen LogP contribution in [0.5, 0.6) is 0 Å². The lowest BCUT2D eigenvalue weighted by atomic mass is 10.0. The van der Waals surface area contributed by atoms with Crippen LogP contribution in [-0.2, 0) is 27.9 Å². The van der Waals surface area contributed by atoms with E-state index in [1.54, 1.807) is 0 Å². The van der Waals surface area contributed by atoms with E-state index in [-0.39, 0.29) is 32.3 Å². The molecule has 3 N–H and O–H groups in total. The molecule has 0 fully saturated rings. The van der Waals surface area contributed by atoms with Gasteiger partial charge in [0.2, 0.25) is 0 Å². The van der Waals surface area contributed by atoms with Gasteiger partial charge in [0, 0.05) is 19.6 Å². The Labute approximate surface area is 246 Å². The monoisotopic (exact) mass is 593 g/mol. The number of nitrogens with two attached hydrogens (primary N) is 1. The number of carbonyl (C=O) groups excluding carboxylic acids is 1. The summed E-state index contributed by atoms with van der Waals surface area (Å²) >= 11 is 0. The first kappa shape index (κ1) is 39.5. The predicted molar refractivity (Wildman–Crippen MR) is 164 cm³/mol. The molecule has 9 heteroatoms. The van der Waals surface area contributed by atoms with Gasteiger partial charge >= 0.3 is 13.8 Å². The van der Waals surface area contributed by atoms with Gasteiger partial charge in [-0.3, -0.25) is 13.8 Å². The molecule has 0 spiro atoms. The summed E-state index contributed by atoms with van der Waals surface area (Å²) in [5.74, 6) is -0.331. The average Bonchev–Trinajstić information content (AvgIpc) is 2.94. The standard InChI is InChI=1S/C31H64NO7P/c1-3-5-7-9-11-13-14-15-16-17-18-20-22-24-31(33)39-30(29-38-40(34,35)37-27-25-32)28-36-26-23-21-19-12-10-8-6-4-2/h30H,3-29,32H2,1-2H3,(H,34,35). The molecular weight excluding hydrogens is 529 g/mol. The minimum absolute atomic E-state index is 0.0910. The Morgan fingerprint density at radius 1 is 0.650 bits per heavy atom. The highest BCUT2D eigenvalue weighted by Gasteiger charge is 2.25. The molecule has 0 bridgehead atoms. The Hall–Kier alpha value is -0.500. The third kappa shape index (κ3) is 29.0. The molecular formula is C31H64NO7P. The van der Waals surface area contributed by atoms with E-state index in [1.165, 1.54) is 103 Å². The van der Waals surface area contributed by atoms with Crippen LogP contribution in [0, 0.1) is 0 Å². The molecule has 0 rings (SSSR count). The quantitative estimate of drug-likeness (QED) is 0.0452. The van der Waals surface area contributed by atoms with E-state index >= 15 is 0 Å². The van der Waals surface area contributed by atoms with Gasteiger partial charge in [0.05, 0.1) is 19.8 Å². The van der Waals surface area contributed by atoms with Gasteiger partial charge in [-0.1, -0.05) is 136 Å². The van der Waals surface area contributed by atoms with E-state index in [9.17, 15) is 14.3 Å². The van der Waals surface area contributed by atoms with Crippen molar-refractivity contribution in [1.29, 1.82) is 0 Å². The maximum absolute atomic E-state index is 12.4. The Bertz CT molecular complexity index is 594. The molecule has 8 nitrogen and oxygen atoms in total. The smallest absolute Gasteiger partial charge is 0.457 e. The molecule has 0 aliphatic carbocycles. The van der Waals surface area contributed by atoms with Crippen LogP contribution in [0.2, 0.25) is 0 Å². The molecule has 0 aromatic carbocycles. The average molecular weight is 594 g/mol. The van der Waals surface area contributed by atoms with Crippen molar-refractivity contribution in [3.8, 4) is 0 Å². The van der Waals surface area contributed by atoms with Crippen molar-refractivity contribution in [2.75, 3.05) is 33.0 Å². The fraction of sp³-hybridized carbons (Fsp3) is 0.968. The lowest BCUT2D eigenvalue weighted by Crippen LogP contribution is -2.28. The molecule has 0 radical (unpaired) electrons. The lowest BCUT2D eigenvalue weighted by Gasteiger charge is -2.20. The number of ether oxygens (including phenoxy) is 2. The second-order valence-electron chi connectivity index (χ2n) is 11.0. The zero-order valence-corrected chi connectivity index (χ0v) is 27.0. The number of hydrogen-bond acceptors (Lipinski definition) is 7. The first-order valence-electron chi connectivity index (χ1n) is 16.5. The van der Waals surface area contributed by atoms with Crippen LogP contribution in [0.4, 0.5) is 0 Å². The molecule has 0 aromatic heterocycles. The van der Waals surface area contributed by atoms with Crippen molar-refractivity contribution in [2.45, 2.75) is 161 Å². The van der Waals surface area contributed by atoms with Crippen LogP contribution < -0.4 is 5.73 Å². The van der Waals surface area contributed by atoms with Crippen molar-refractivity contribution in [3.63, 3.8) is 0 Å². The number of unbranched alkanes of at least 4 members (excludes halogenated alkanes) is 19. The normalized spacial score (nSPS) is 13.8. The van der Waals surface area contributed by atoms with E-state index in [1.807, 2.05) is 0 Å². The maximum Gasteiger partial charge on any atom is 0.472 e. The lowest BCUT2D eigenvalue weighted by molar-refractivity contribution is -0.154. The summed E-state index contributed by atoms with van der Waals surface area (Å²) < 4.78 is 33.1. The summed E-state index contributed by atoms with van der Waals surface area (Å²) in [7, 11) is -4.25. The van der Waals surface area contributed by atoms with Crippen LogP contribution in [-0.4, -0.2) is 49.9 Å². The van der Waals surface area contributed by atoms with Gasteiger partial charge in [-0.2, -0.15) is 0 Å². The number of hydrogen-bond donors (Lipinski definition) is 2. The largest absolute Gasteiger partial charge is 0.472 e. The molecule has 0 saturated heterocycles. The summed E-state index contributed by atoms with van der Waals surface area (Å²) in [6.07, 6.45) is 25.4. The highest BCUT2D eigenvalue weighted by Crippen LogP contribution is 2.43. The molecule has 240 valence electrons. The molecule has 2 unspecified atom stereocenters. The van der Waals surface area contributed by atoms with E-state index in [0.717, 1.165) is 32.1 Å². The van der Waals surface area contributed by atoms with Crippen molar-refractivity contribution in [3.05, 3.63) is 0 Å². The van der Waals surface area contributed by atoms with E-state index in [4.69, 9.17) is 24.3 Å². The second kappa shape index (κ2) is 30.0. The Kier molecular flexibility index (Phi) is 29.6. The summed E-state index contributed by atoms with van der Waals surface area (Å²) in [5.41, 5.74) is 5.32. The number of phosphoric ester groups is 1. The third-order valence-electron chi connectivity index (χ3n) is 7.02. The van der Waals surface area contributed by atoms with Crippen molar-refractivity contribution >= 4 is 13.8 Å². The van der Waals surface area contributed by atoms with Gasteiger partial charge in [0.25, 0.3) is 0 Å². The fourth-order valence-electron chi connectivity index (χ4n) is 4.58. The summed E-state index contributed by atoms with van der Waals surface area (Å²) in [4.78, 5) is 22.2. The summed E-state index contributed by atoms with van der Waals surface area (Å²) in [6.45, 7) is 4.91. The number of esters is 1. The van der Waals surface area contributed by atoms with Gasteiger partial charge < -0.3 is 20.1 Å². The van der Waals surface area contributed by atoms with Crippen molar-refractivity contribution in [2.24, 2.45) is 5.73 Å². The van der Waals surface area contributed by atoms with Crippen LogP contribution in [0.1, 0.15) is 155 Å². The van der Waals surface area contributed by atoms with Gasteiger partial charge in [-0.05, 0) is 12.8 Å². The summed E-state index contributed by atoms with van der Waals surface area (Å²) in [5, 5.41) is 0. The van der Waals surface area contributed by atoms with E-state index in [2.05, 4.69) is 13.8 Å². The van der Waals surface area contributed by atoms with Crippen molar-refractivity contribution < 1.29 is 32.8 Å². The fourth-order valence-corrected chi connectivity index (χ4v) is 5.35. The molecule has 0 amide bonds. The van der Waals surface area contributed by atoms with Crippen LogP contribution in [0.25, 0.3) is 0 Å². The molecule has 0 aliphatic rings. The van der Waals surface area contributed by atoms with Gasteiger partial charge in [-0.25, -0.2) is 4.57 Å². The van der Waals surface area contributed by atoms with Gasteiger partial charge in [0.15, 0.2) is 0 Å². The number of carbonyl (C=O) groups is 1. The van der Waals surface area contributed by atoms with Gasteiger partial charge in [-0.15, -0.1) is 0 Å². The molecule has 0 aliphatic heterocycles. The maximum atomic E-state index is 12.4. The zero-order chi connectivity index (χ0) is 29.6.